The van der Waals surface area contributed by atoms with Crippen molar-refractivity contribution in [1.29, 1.82) is 0 Å². The van der Waals surface area contributed by atoms with Crippen LogP contribution in [-0.2, 0) is 19.8 Å². The molecule has 8 heteroatoms. The third-order valence-electron chi connectivity index (χ3n) is 9.00. The molecule has 1 N–H and O–H groups in total. The zero-order valence-electron chi connectivity index (χ0n) is 29.1. The summed E-state index contributed by atoms with van der Waals surface area (Å²) in [5.41, 5.74) is 3.24. The molecule has 0 saturated carbocycles. The van der Waals surface area contributed by atoms with E-state index in [1.165, 1.54) is 6.07 Å². The molecule has 1 aromatic heterocycles. The van der Waals surface area contributed by atoms with Crippen LogP contribution in [-0.4, -0.2) is 13.4 Å². The Kier molecular flexibility index (Phi) is 10.0. The molecule has 0 aliphatic carbocycles. The van der Waals surface area contributed by atoms with Gasteiger partial charge in [-0.25, -0.2) is 0 Å². The molecular formula is C42H42O7Si. The summed E-state index contributed by atoms with van der Waals surface area (Å²) < 4.78 is 31.9. The van der Waals surface area contributed by atoms with Crippen LogP contribution < -0.4 is 24.1 Å². The van der Waals surface area contributed by atoms with Gasteiger partial charge < -0.3 is 28.2 Å². The van der Waals surface area contributed by atoms with Gasteiger partial charge in [-0.1, -0.05) is 112 Å². The molecule has 6 aromatic rings. The summed E-state index contributed by atoms with van der Waals surface area (Å²) in [5.74, 6) is 1.41. The fraction of sp³-hybridized carbons (Fsp3) is 0.214. The Morgan fingerprint density at radius 2 is 1.18 bits per heavy atom. The van der Waals surface area contributed by atoms with E-state index in [9.17, 15) is 9.90 Å². The minimum atomic E-state index is -2.56. The molecule has 0 amide bonds. The van der Waals surface area contributed by atoms with Gasteiger partial charge in [0, 0.05) is 17.7 Å². The van der Waals surface area contributed by atoms with Gasteiger partial charge in [0.05, 0.1) is 0 Å². The number of ether oxygens (including phenoxy) is 3. The molecule has 0 spiro atoms. The summed E-state index contributed by atoms with van der Waals surface area (Å²) in [4.78, 5) is 14.3. The van der Waals surface area contributed by atoms with E-state index in [-0.39, 0.29) is 39.9 Å². The van der Waals surface area contributed by atoms with E-state index in [1.54, 1.807) is 6.07 Å². The molecule has 0 unspecified atom stereocenters. The average molecular weight is 687 g/mol. The van der Waals surface area contributed by atoms with E-state index in [0.717, 1.165) is 16.7 Å². The van der Waals surface area contributed by atoms with Gasteiger partial charge in [0.15, 0.2) is 23.0 Å². The van der Waals surface area contributed by atoms with E-state index in [2.05, 4.69) is 33.9 Å². The molecule has 6 rings (SSSR count). The first-order chi connectivity index (χ1) is 24.0. The zero-order valence-corrected chi connectivity index (χ0v) is 30.1. The van der Waals surface area contributed by atoms with Crippen molar-refractivity contribution in [2.45, 2.75) is 58.7 Å². The summed E-state index contributed by atoms with van der Waals surface area (Å²) >= 11 is 0. The van der Waals surface area contributed by atoms with Gasteiger partial charge in [-0.2, -0.15) is 0 Å². The van der Waals surface area contributed by atoms with E-state index in [0.29, 0.717) is 36.0 Å². The maximum absolute atomic E-state index is 14.3. The topological polar surface area (TPSA) is 87.4 Å². The SMILES string of the molecule is CC(C)(C)[Si](C)(C)Oc1c(-c2ccc(OCc3ccccc3)c(OCc3ccccc3)c2)oc2cc(OCc3ccccc3)cc(O)c2c1=O. The third kappa shape index (κ3) is 7.87. The van der Waals surface area contributed by atoms with Crippen molar-refractivity contribution in [3.8, 4) is 40.1 Å². The second kappa shape index (κ2) is 14.6. The largest absolute Gasteiger partial charge is 0.538 e. The number of fused-ring (bicyclic) bond motifs is 1. The van der Waals surface area contributed by atoms with Crippen molar-refractivity contribution in [1.82, 2.24) is 0 Å². The smallest absolute Gasteiger partial charge is 0.250 e. The van der Waals surface area contributed by atoms with Crippen LogP contribution in [0.2, 0.25) is 18.1 Å². The minimum Gasteiger partial charge on any atom is -0.538 e. The van der Waals surface area contributed by atoms with Gasteiger partial charge in [0.2, 0.25) is 5.43 Å². The van der Waals surface area contributed by atoms with Gasteiger partial charge in [0.1, 0.15) is 42.3 Å². The Labute approximate surface area is 293 Å². The average Bonchev–Trinajstić information content (AvgIpc) is 3.11. The number of hydrogen-bond donors (Lipinski definition) is 1. The van der Waals surface area contributed by atoms with Crippen LogP contribution >= 0.6 is 0 Å². The predicted molar refractivity (Wildman–Crippen MR) is 200 cm³/mol. The number of benzene rings is 5. The Morgan fingerprint density at radius 1 is 0.660 bits per heavy atom. The van der Waals surface area contributed by atoms with Crippen LogP contribution in [0.5, 0.6) is 28.7 Å². The summed E-state index contributed by atoms with van der Waals surface area (Å²) in [5, 5.41) is 11.0. The van der Waals surface area contributed by atoms with Crippen LogP contribution in [0.15, 0.2) is 131 Å². The Hall–Kier alpha value is -5.47. The fourth-order valence-electron chi connectivity index (χ4n) is 5.13. The van der Waals surface area contributed by atoms with Crippen molar-refractivity contribution >= 4 is 19.3 Å². The number of phenols is 1. The van der Waals surface area contributed by atoms with E-state index in [4.69, 9.17) is 23.1 Å². The summed E-state index contributed by atoms with van der Waals surface area (Å²) in [6, 6.07) is 38.0. The lowest BCUT2D eigenvalue weighted by Crippen LogP contribution is -2.45. The lowest BCUT2D eigenvalue weighted by Gasteiger charge is -2.36. The van der Waals surface area contributed by atoms with Crippen LogP contribution in [0.1, 0.15) is 37.5 Å². The number of phenolic OH excluding ortho intramolecular Hbond substituents is 1. The fourth-order valence-corrected chi connectivity index (χ4v) is 6.13. The van der Waals surface area contributed by atoms with Gasteiger partial charge >= 0.3 is 0 Å². The van der Waals surface area contributed by atoms with Gasteiger partial charge in [-0.3, -0.25) is 4.79 Å². The van der Waals surface area contributed by atoms with Crippen LogP contribution in [0.25, 0.3) is 22.3 Å². The number of rotatable bonds is 12. The maximum atomic E-state index is 14.3. The molecule has 1 heterocycles. The molecule has 0 atom stereocenters. The molecule has 0 radical (unpaired) electrons. The second-order valence-electron chi connectivity index (χ2n) is 13.8. The van der Waals surface area contributed by atoms with Crippen molar-refractivity contribution in [2.75, 3.05) is 0 Å². The molecule has 0 aliphatic rings. The quantitative estimate of drug-likeness (QED) is 0.128. The number of aromatic hydroxyl groups is 1. The normalized spacial score (nSPS) is 11.7. The van der Waals surface area contributed by atoms with E-state index in [1.807, 2.05) is 109 Å². The molecule has 50 heavy (non-hydrogen) atoms. The van der Waals surface area contributed by atoms with Crippen molar-refractivity contribution in [3.05, 3.63) is 148 Å². The zero-order chi connectivity index (χ0) is 35.3. The van der Waals surface area contributed by atoms with Crippen molar-refractivity contribution < 1.29 is 28.2 Å². The predicted octanol–water partition coefficient (Wildman–Crippen LogP) is 10.3. The van der Waals surface area contributed by atoms with Crippen LogP contribution in [0.3, 0.4) is 0 Å². The van der Waals surface area contributed by atoms with Crippen LogP contribution in [0, 0.1) is 0 Å². The van der Waals surface area contributed by atoms with Gasteiger partial charge in [-0.15, -0.1) is 0 Å². The Bertz CT molecular complexity index is 2120. The minimum absolute atomic E-state index is 0.0258. The molecule has 5 aromatic carbocycles. The molecule has 0 bridgehead atoms. The summed E-state index contributed by atoms with van der Waals surface area (Å²) in [6.45, 7) is 11.4. The molecule has 0 aliphatic heterocycles. The Balaban J connectivity index is 1.46. The Morgan fingerprint density at radius 3 is 1.72 bits per heavy atom. The second-order valence-corrected chi connectivity index (χ2v) is 18.5. The van der Waals surface area contributed by atoms with E-state index >= 15 is 0 Å². The van der Waals surface area contributed by atoms with Gasteiger partial charge in [0.25, 0.3) is 8.32 Å². The monoisotopic (exact) mass is 686 g/mol. The van der Waals surface area contributed by atoms with Gasteiger partial charge in [-0.05, 0) is 53.0 Å². The third-order valence-corrected chi connectivity index (χ3v) is 13.3. The highest BCUT2D eigenvalue weighted by Crippen LogP contribution is 2.43. The molecule has 256 valence electrons. The molecule has 0 fully saturated rings. The highest BCUT2D eigenvalue weighted by Gasteiger charge is 2.41. The first-order valence-corrected chi connectivity index (χ1v) is 19.6. The first-order valence-electron chi connectivity index (χ1n) is 16.7. The van der Waals surface area contributed by atoms with E-state index < -0.39 is 13.7 Å². The molecular weight excluding hydrogens is 645 g/mol. The van der Waals surface area contributed by atoms with Crippen molar-refractivity contribution in [2.24, 2.45) is 0 Å². The molecule has 0 saturated heterocycles. The summed E-state index contributed by atoms with van der Waals surface area (Å²) in [6.07, 6.45) is 0. The lowest BCUT2D eigenvalue weighted by atomic mass is 10.1. The summed E-state index contributed by atoms with van der Waals surface area (Å²) in [7, 11) is -2.56. The first kappa shape index (κ1) is 34.4. The number of hydrogen-bond acceptors (Lipinski definition) is 7. The highest BCUT2D eigenvalue weighted by atomic mass is 28.4. The highest BCUT2D eigenvalue weighted by molar-refractivity contribution is 6.74. The molecule has 7 nitrogen and oxygen atoms in total. The maximum Gasteiger partial charge on any atom is 0.250 e. The standard InChI is InChI=1S/C42H42O7Si/c1-42(2,3)50(4,5)49-41-39(44)38-34(43)24-33(45-26-29-15-9-6-10-16-29)25-37(38)48-40(41)32-21-22-35(46-27-30-17-11-7-12-18-30)36(23-32)47-28-31-19-13-8-14-20-31/h6-25,43H,26-28H2,1-5H3. The van der Waals surface area contributed by atoms with Crippen LogP contribution in [0.4, 0.5) is 0 Å². The lowest BCUT2D eigenvalue weighted by molar-refractivity contribution is 0.256. The van der Waals surface area contributed by atoms with Crippen molar-refractivity contribution in [3.63, 3.8) is 0 Å².